The van der Waals surface area contributed by atoms with E-state index in [0.29, 0.717) is 5.92 Å². The van der Waals surface area contributed by atoms with Gasteiger partial charge in [0.25, 0.3) is 0 Å². The minimum atomic E-state index is -0.578. The molecule has 0 saturated carbocycles. The van der Waals surface area contributed by atoms with Gasteiger partial charge in [-0.2, -0.15) is 0 Å². The van der Waals surface area contributed by atoms with Gasteiger partial charge in [0.1, 0.15) is 0 Å². The molecule has 0 aliphatic heterocycles. The Morgan fingerprint density at radius 3 is 1.89 bits per heavy atom. The molecule has 2 atom stereocenters. The molecule has 114 valence electrons. The van der Waals surface area contributed by atoms with Gasteiger partial charge in [0, 0.05) is 0 Å². The first-order chi connectivity index (χ1) is 9.17. The maximum absolute atomic E-state index is 11.4. The third-order valence-electron chi connectivity index (χ3n) is 4.19. The fraction of sp³-hybridized carbons (Fsp3) is 0.941. The first-order valence-corrected chi connectivity index (χ1v) is 8.40. The molecule has 0 aliphatic rings. The minimum Gasteiger partial charge on any atom is -0.481 e. The van der Waals surface area contributed by atoms with Gasteiger partial charge in [-0.25, -0.2) is 0 Å². The molecular weight excluding hydrogens is 236 g/mol. The van der Waals surface area contributed by atoms with Crippen LogP contribution in [0.15, 0.2) is 0 Å². The molecule has 0 aliphatic carbocycles. The van der Waals surface area contributed by atoms with Crippen molar-refractivity contribution in [2.24, 2.45) is 11.8 Å². The summed E-state index contributed by atoms with van der Waals surface area (Å²) >= 11 is 0. The second-order valence-electron chi connectivity index (χ2n) is 5.81. The lowest BCUT2D eigenvalue weighted by atomic mass is 9.83. The zero-order chi connectivity index (χ0) is 14.5. The van der Waals surface area contributed by atoms with Crippen LogP contribution < -0.4 is 0 Å². The molecule has 2 heteroatoms. The summed E-state index contributed by atoms with van der Waals surface area (Å²) in [7, 11) is 0. The highest BCUT2D eigenvalue weighted by atomic mass is 16.4. The highest BCUT2D eigenvalue weighted by Gasteiger charge is 2.25. The van der Waals surface area contributed by atoms with Crippen LogP contribution in [0.1, 0.15) is 91.4 Å². The molecular formula is C17H34O2. The average molecular weight is 270 g/mol. The molecule has 0 rings (SSSR count). The standard InChI is InChI=1S/C17H34O2/c1-4-7-8-9-10-11-12-14-16(17(18)19)15(6-3)13-5-2/h15-16H,4-14H2,1-3H3,(H,18,19). The molecule has 0 heterocycles. The van der Waals surface area contributed by atoms with Gasteiger partial charge in [0.2, 0.25) is 0 Å². The highest BCUT2D eigenvalue weighted by Crippen LogP contribution is 2.26. The number of carboxylic acids is 1. The predicted molar refractivity (Wildman–Crippen MR) is 82.4 cm³/mol. The largest absolute Gasteiger partial charge is 0.481 e. The lowest BCUT2D eigenvalue weighted by molar-refractivity contribution is -0.144. The van der Waals surface area contributed by atoms with Gasteiger partial charge < -0.3 is 5.11 Å². The van der Waals surface area contributed by atoms with Gasteiger partial charge in [-0.05, 0) is 18.8 Å². The van der Waals surface area contributed by atoms with Crippen molar-refractivity contribution >= 4 is 5.97 Å². The topological polar surface area (TPSA) is 37.3 Å². The number of aliphatic carboxylic acids is 1. The fourth-order valence-electron chi connectivity index (χ4n) is 2.94. The number of unbranched alkanes of at least 4 members (excludes halogenated alkanes) is 6. The predicted octanol–water partition coefficient (Wildman–Crippen LogP) is 5.65. The van der Waals surface area contributed by atoms with E-state index in [0.717, 1.165) is 32.1 Å². The molecule has 0 amide bonds. The van der Waals surface area contributed by atoms with Crippen LogP contribution in [0.3, 0.4) is 0 Å². The van der Waals surface area contributed by atoms with E-state index in [-0.39, 0.29) is 5.92 Å². The zero-order valence-electron chi connectivity index (χ0n) is 13.3. The van der Waals surface area contributed by atoms with E-state index < -0.39 is 5.97 Å². The van der Waals surface area contributed by atoms with E-state index >= 15 is 0 Å². The summed E-state index contributed by atoms with van der Waals surface area (Å²) in [5.74, 6) is -0.311. The summed E-state index contributed by atoms with van der Waals surface area (Å²) in [6.07, 6.45) is 12.9. The summed E-state index contributed by atoms with van der Waals surface area (Å²) in [6.45, 7) is 6.51. The molecule has 0 spiro atoms. The third-order valence-corrected chi connectivity index (χ3v) is 4.19. The van der Waals surface area contributed by atoms with Gasteiger partial charge in [0.15, 0.2) is 0 Å². The maximum Gasteiger partial charge on any atom is 0.306 e. The molecule has 0 aromatic heterocycles. The molecule has 2 nitrogen and oxygen atoms in total. The lowest BCUT2D eigenvalue weighted by Gasteiger charge is -2.22. The fourth-order valence-corrected chi connectivity index (χ4v) is 2.94. The van der Waals surface area contributed by atoms with Crippen LogP contribution in [-0.4, -0.2) is 11.1 Å². The number of hydrogen-bond acceptors (Lipinski definition) is 1. The van der Waals surface area contributed by atoms with Gasteiger partial charge >= 0.3 is 5.97 Å². The highest BCUT2D eigenvalue weighted by molar-refractivity contribution is 5.70. The molecule has 0 radical (unpaired) electrons. The lowest BCUT2D eigenvalue weighted by Crippen LogP contribution is -2.23. The number of carbonyl (C=O) groups is 1. The van der Waals surface area contributed by atoms with Gasteiger partial charge in [0.05, 0.1) is 5.92 Å². The second-order valence-corrected chi connectivity index (χ2v) is 5.81. The smallest absolute Gasteiger partial charge is 0.306 e. The minimum absolute atomic E-state index is 0.111. The third kappa shape index (κ3) is 9.07. The van der Waals surface area contributed by atoms with E-state index in [1.807, 2.05) is 0 Å². The van der Waals surface area contributed by atoms with Crippen molar-refractivity contribution in [1.29, 1.82) is 0 Å². The number of rotatable bonds is 13. The zero-order valence-corrected chi connectivity index (χ0v) is 13.3. The average Bonchev–Trinajstić information content (AvgIpc) is 2.39. The summed E-state index contributed by atoms with van der Waals surface area (Å²) in [5.41, 5.74) is 0. The van der Waals surface area contributed by atoms with Crippen molar-refractivity contribution in [3.05, 3.63) is 0 Å². The molecule has 0 saturated heterocycles. The van der Waals surface area contributed by atoms with E-state index in [4.69, 9.17) is 0 Å². The molecule has 0 aromatic rings. The van der Waals surface area contributed by atoms with Crippen LogP contribution in [0.4, 0.5) is 0 Å². The second kappa shape index (κ2) is 12.5. The molecule has 1 N–H and O–H groups in total. The van der Waals surface area contributed by atoms with E-state index in [1.165, 1.54) is 38.5 Å². The van der Waals surface area contributed by atoms with Crippen LogP contribution in [0.5, 0.6) is 0 Å². The Hall–Kier alpha value is -0.530. The summed E-state index contributed by atoms with van der Waals surface area (Å²) in [4.78, 5) is 11.4. The number of carboxylic acid groups (broad SMARTS) is 1. The Balaban J connectivity index is 3.85. The molecule has 19 heavy (non-hydrogen) atoms. The van der Waals surface area contributed by atoms with Crippen LogP contribution >= 0.6 is 0 Å². The van der Waals surface area contributed by atoms with Crippen molar-refractivity contribution in [2.75, 3.05) is 0 Å². The number of hydrogen-bond donors (Lipinski definition) is 1. The van der Waals surface area contributed by atoms with Crippen molar-refractivity contribution in [3.8, 4) is 0 Å². The summed E-state index contributed by atoms with van der Waals surface area (Å²) in [5, 5.41) is 9.37. The molecule has 0 aromatic carbocycles. The first-order valence-electron chi connectivity index (χ1n) is 8.40. The Bertz CT molecular complexity index is 213. The van der Waals surface area contributed by atoms with E-state index in [2.05, 4.69) is 20.8 Å². The van der Waals surface area contributed by atoms with Crippen LogP contribution in [0.2, 0.25) is 0 Å². The molecule has 0 fully saturated rings. The first kappa shape index (κ1) is 18.5. The van der Waals surface area contributed by atoms with Crippen LogP contribution in [0, 0.1) is 11.8 Å². The van der Waals surface area contributed by atoms with Crippen molar-refractivity contribution in [2.45, 2.75) is 91.4 Å². The van der Waals surface area contributed by atoms with Crippen LogP contribution in [0.25, 0.3) is 0 Å². The summed E-state index contributed by atoms with van der Waals surface area (Å²) in [6, 6.07) is 0. The molecule has 0 bridgehead atoms. The van der Waals surface area contributed by atoms with Gasteiger partial charge in [-0.15, -0.1) is 0 Å². The quantitative estimate of drug-likeness (QED) is 0.439. The SMILES string of the molecule is CCCCCCCCCC(C(=O)O)C(CC)CCC. The van der Waals surface area contributed by atoms with E-state index in [1.54, 1.807) is 0 Å². The van der Waals surface area contributed by atoms with E-state index in [9.17, 15) is 9.90 Å². The van der Waals surface area contributed by atoms with Crippen molar-refractivity contribution in [1.82, 2.24) is 0 Å². The Labute approximate surface area is 120 Å². The van der Waals surface area contributed by atoms with Crippen LogP contribution in [-0.2, 0) is 4.79 Å². The summed E-state index contributed by atoms with van der Waals surface area (Å²) < 4.78 is 0. The normalized spacial score (nSPS) is 14.3. The maximum atomic E-state index is 11.4. The van der Waals surface area contributed by atoms with Gasteiger partial charge in [-0.3, -0.25) is 4.79 Å². The Kier molecular flexibility index (Phi) is 12.2. The monoisotopic (exact) mass is 270 g/mol. The van der Waals surface area contributed by atoms with Gasteiger partial charge in [-0.1, -0.05) is 78.6 Å². The molecule has 2 unspecified atom stereocenters. The van der Waals surface area contributed by atoms with Crippen molar-refractivity contribution in [3.63, 3.8) is 0 Å². The Morgan fingerprint density at radius 2 is 1.42 bits per heavy atom. The van der Waals surface area contributed by atoms with Crippen molar-refractivity contribution < 1.29 is 9.90 Å². The Morgan fingerprint density at radius 1 is 0.842 bits per heavy atom.